The third-order valence-electron chi connectivity index (χ3n) is 2.68. The fourth-order valence-corrected chi connectivity index (χ4v) is 1.54. The van der Waals surface area contributed by atoms with E-state index in [0.29, 0.717) is 6.54 Å². The van der Waals surface area contributed by atoms with E-state index in [4.69, 9.17) is 0 Å². The molecule has 1 aromatic heterocycles. The number of imidazole rings is 1. The molecule has 0 bridgehead atoms. The lowest BCUT2D eigenvalue weighted by Gasteiger charge is -2.06. The molecule has 0 saturated carbocycles. The number of hydrogen-bond donors (Lipinski definition) is 0. The Labute approximate surface area is 92.6 Å². The lowest BCUT2D eigenvalue weighted by Crippen LogP contribution is -2.01. The van der Waals surface area contributed by atoms with Gasteiger partial charge in [0.2, 0.25) is 0 Å². The van der Waals surface area contributed by atoms with Crippen molar-refractivity contribution in [3.8, 4) is 0 Å². The largest absolute Gasteiger partial charge is 0.330 e. The Morgan fingerprint density at radius 1 is 1.19 bits per heavy atom. The molecule has 0 unspecified atom stereocenters. The minimum absolute atomic E-state index is 0.504. The number of benzene rings is 1. The Morgan fingerprint density at radius 2 is 1.94 bits per heavy atom. The summed E-state index contributed by atoms with van der Waals surface area (Å²) in [5.41, 5.74) is 2.70. The zero-order valence-electron chi connectivity index (χ0n) is 9.17. The zero-order chi connectivity index (χ0) is 11.7. The first-order chi connectivity index (χ1) is 7.58. The van der Waals surface area contributed by atoms with Crippen LogP contribution in [0.1, 0.15) is 17.0 Å². The number of aromatic nitrogens is 2. The van der Waals surface area contributed by atoms with Gasteiger partial charge in [-0.15, -0.1) is 0 Å². The molecule has 4 heteroatoms. The van der Waals surface area contributed by atoms with E-state index in [1.54, 1.807) is 12.4 Å². The van der Waals surface area contributed by atoms with Crippen molar-refractivity contribution in [3.63, 3.8) is 0 Å². The van der Waals surface area contributed by atoms with Crippen LogP contribution < -0.4 is 0 Å². The minimum atomic E-state index is -0.817. The van der Waals surface area contributed by atoms with E-state index >= 15 is 0 Å². The molecule has 0 atom stereocenters. The van der Waals surface area contributed by atoms with Crippen LogP contribution in [0.4, 0.5) is 8.78 Å². The van der Waals surface area contributed by atoms with Gasteiger partial charge in [0.25, 0.3) is 0 Å². The van der Waals surface area contributed by atoms with Crippen LogP contribution in [0.3, 0.4) is 0 Å². The summed E-state index contributed by atoms with van der Waals surface area (Å²) in [6.07, 6.45) is 1.70. The number of hydrogen-bond acceptors (Lipinski definition) is 1. The van der Waals surface area contributed by atoms with Crippen molar-refractivity contribution in [2.75, 3.05) is 0 Å². The van der Waals surface area contributed by atoms with E-state index in [1.807, 2.05) is 18.4 Å². The summed E-state index contributed by atoms with van der Waals surface area (Å²) in [6, 6.07) is 3.93. The summed E-state index contributed by atoms with van der Waals surface area (Å²) in [4.78, 5) is 4.15. The lowest BCUT2D eigenvalue weighted by atomic mass is 10.2. The summed E-state index contributed by atoms with van der Waals surface area (Å²) in [5.74, 6) is -1.63. The molecule has 1 heterocycles. The third kappa shape index (κ3) is 1.96. The van der Waals surface area contributed by atoms with E-state index in [-0.39, 0.29) is 0 Å². The molecular formula is C12H12F2N2. The van der Waals surface area contributed by atoms with Crippen molar-refractivity contribution in [1.82, 2.24) is 9.55 Å². The van der Waals surface area contributed by atoms with E-state index < -0.39 is 11.6 Å². The van der Waals surface area contributed by atoms with Gasteiger partial charge in [0, 0.05) is 12.2 Å². The summed E-state index contributed by atoms with van der Waals surface area (Å²) >= 11 is 0. The van der Waals surface area contributed by atoms with E-state index in [9.17, 15) is 8.78 Å². The maximum atomic E-state index is 13.0. The van der Waals surface area contributed by atoms with Gasteiger partial charge in [-0.25, -0.2) is 13.8 Å². The highest BCUT2D eigenvalue weighted by Crippen LogP contribution is 2.12. The van der Waals surface area contributed by atoms with Gasteiger partial charge < -0.3 is 4.57 Å². The fourth-order valence-electron chi connectivity index (χ4n) is 1.54. The Kier molecular flexibility index (Phi) is 2.73. The highest BCUT2D eigenvalue weighted by molar-refractivity contribution is 5.19. The molecule has 0 aliphatic rings. The van der Waals surface area contributed by atoms with Crippen molar-refractivity contribution in [1.29, 1.82) is 0 Å². The lowest BCUT2D eigenvalue weighted by molar-refractivity contribution is 0.506. The van der Waals surface area contributed by atoms with Gasteiger partial charge >= 0.3 is 0 Å². The fraction of sp³-hybridized carbons (Fsp3) is 0.250. The van der Waals surface area contributed by atoms with Crippen LogP contribution in [0, 0.1) is 25.5 Å². The molecule has 0 fully saturated rings. The van der Waals surface area contributed by atoms with E-state index in [2.05, 4.69) is 4.98 Å². The summed E-state index contributed by atoms with van der Waals surface area (Å²) in [6.45, 7) is 4.36. The highest BCUT2D eigenvalue weighted by Gasteiger charge is 2.05. The van der Waals surface area contributed by atoms with Gasteiger partial charge in [-0.2, -0.15) is 0 Å². The average molecular weight is 222 g/mol. The first-order valence-electron chi connectivity index (χ1n) is 5.00. The maximum Gasteiger partial charge on any atom is 0.159 e. The molecule has 0 radical (unpaired) electrons. The van der Waals surface area contributed by atoms with Crippen molar-refractivity contribution in [2.24, 2.45) is 0 Å². The van der Waals surface area contributed by atoms with Crippen molar-refractivity contribution in [3.05, 3.63) is 53.1 Å². The van der Waals surface area contributed by atoms with Crippen LogP contribution in [0.2, 0.25) is 0 Å². The smallest absolute Gasteiger partial charge is 0.159 e. The Morgan fingerprint density at radius 3 is 2.50 bits per heavy atom. The molecule has 0 spiro atoms. The molecule has 0 saturated heterocycles. The van der Waals surface area contributed by atoms with Crippen LogP contribution >= 0.6 is 0 Å². The molecule has 2 nitrogen and oxygen atoms in total. The van der Waals surface area contributed by atoms with Crippen LogP contribution in [0.15, 0.2) is 24.5 Å². The van der Waals surface area contributed by atoms with Crippen molar-refractivity contribution >= 4 is 0 Å². The van der Waals surface area contributed by atoms with Gasteiger partial charge in [-0.05, 0) is 31.5 Å². The topological polar surface area (TPSA) is 17.8 Å². The van der Waals surface area contributed by atoms with Gasteiger partial charge in [-0.1, -0.05) is 6.07 Å². The molecule has 84 valence electrons. The first kappa shape index (κ1) is 10.8. The van der Waals surface area contributed by atoms with Crippen molar-refractivity contribution < 1.29 is 8.78 Å². The van der Waals surface area contributed by atoms with Gasteiger partial charge in [0.1, 0.15) is 0 Å². The molecule has 2 rings (SSSR count). The van der Waals surface area contributed by atoms with Crippen LogP contribution in [0.5, 0.6) is 0 Å². The number of halogens is 2. The van der Waals surface area contributed by atoms with E-state index in [0.717, 1.165) is 23.0 Å². The molecule has 0 aliphatic carbocycles. The van der Waals surface area contributed by atoms with Crippen molar-refractivity contribution in [2.45, 2.75) is 20.4 Å². The second-order valence-corrected chi connectivity index (χ2v) is 3.79. The SMILES string of the molecule is Cc1ncn(Cc2ccc(F)c(F)c2)c1C. The van der Waals surface area contributed by atoms with Gasteiger partial charge in [-0.3, -0.25) is 0 Å². The third-order valence-corrected chi connectivity index (χ3v) is 2.68. The standard InChI is InChI=1S/C12H12F2N2/c1-8-9(2)16(7-15-8)6-10-3-4-11(13)12(14)5-10/h3-5,7H,6H2,1-2H3. The summed E-state index contributed by atoms with van der Waals surface area (Å²) in [7, 11) is 0. The molecule has 0 amide bonds. The maximum absolute atomic E-state index is 13.0. The monoisotopic (exact) mass is 222 g/mol. The number of nitrogens with zero attached hydrogens (tertiary/aromatic N) is 2. The first-order valence-corrected chi connectivity index (χ1v) is 5.00. The quantitative estimate of drug-likeness (QED) is 0.764. The molecular weight excluding hydrogens is 210 g/mol. The normalized spacial score (nSPS) is 10.8. The average Bonchev–Trinajstić information content (AvgIpc) is 2.55. The Balaban J connectivity index is 2.27. The second kappa shape index (κ2) is 4.04. The summed E-state index contributed by atoms with van der Waals surface area (Å²) < 4.78 is 27.6. The highest BCUT2D eigenvalue weighted by atomic mass is 19.2. The van der Waals surface area contributed by atoms with Gasteiger partial charge in [0.15, 0.2) is 11.6 Å². The minimum Gasteiger partial charge on any atom is -0.330 e. The van der Waals surface area contributed by atoms with Crippen LogP contribution in [-0.4, -0.2) is 9.55 Å². The number of rotatable bonds is 2. The molecule has 1 aromatic carbocycles. The zero-order valence-corrected chi connectivity index (χ0v) is 9.17. The molecule has 0 aliphatic heterocycles. The Bertz CT molecular complexity index is 518. The van der Waals surface area contributed by atoms with E-state index in [1.165, 1.54) is 6.07 Å². The van der Waals surface area contributed by atoms with Gasteiger partial charge in [0.05, 0.1) is 12.0 Å². The predicted octanol–water partition coefficient (Wildman–Crippen LogP) is 2.83. The number of aryl methyl sites for hydroxylation is 1. The van der Waals surface area contributed by atoms with Crippen LogP contribution in [0.25, 0.3) is 0 Å². The molecule has 16 heavy (non-hydrogen) atoms. The van der Waals surface area contributed by atoms with Crippen LogP contribution in [-0.2, 0) is 6.54 Å². The molecule has 2 aromatic rings. The predicted molar refractivity (Wildman–Crippen MR) is 57.2 cm³/mol. The Hall–Kier alpha value is -1.71. The summed E-state index contributed by atoms with van der Waals surface area (Å²) in [5, 5.41) is 0. The second-order valence-electron chi connectivity index (χ2n) is 3.79. The molecule has 0 N–H and O–H groups in total.